The van der Waals surface area contributed by atoms with Crippen LogP contribution in [0.25, 0.3) is 22.0 Å². The van der Waals surface area contributed by atoms with Gasteiger partial charge in [-0.15, -0.1) is 12.4 Å². The monoisotopic (exact) mass is 325 g/mol. The molecular weight excluding hydrogens is 310 g/mol. The molecule has 0 bridgehead atoms. The van der Waals surface area contributed by atoms with Crippen molar-refractivity contribution >= 4 is 23.3 Å². The number of ether oxygens (including phenoxy) is 2. The summed E-state index contributed by atoms with van der Waals surface area (Å²) in [6.07, 6.45) is 2.06. The van der Waals surface area contributed by atoms with E-state index in [1.54, 1.807) is 0 Å². The van der Waals surface area contributed by atoms with Gasteiger partial charge < -0.3 is 9.47 Å². The predicted octanol–water partition coefficient (Wildman–Crippen LogP) is 4.46. The Balaban J connectivity index is 0.00000135. The van der Waals surface area contributed by atoms with Gasteiger partial charge in [0, 0.05) is 22.7 Å². The SMILES string of the molecule is Cc1c2c(nc3cc4c(cc13)OCO4)CCc1ccccc1-2.Cl. The molecule has 0 saturated carbocycles. The third kappa shape index (κ3) is 2.00. The number of benzene rings is 2. The fourth-order valence-corrected chi connectivity index (χ4v) is 3.65. The van der Waals surface area contributed by atoms with Crippen LogP contribution in [-0.2, 0) is 12.8 Å². The Bertz CT molecular complexity index is 936. The average Bonchev–Trinajstić information content (AvgIpc) is 3.00. The van der Waals surface area contributed by atoms with E-state index in [-0.39, 0.29) is 12.4 Å². The Morgan fingerprint density at radius 2 is 1.78 bits per heavy atom. The molecule has 0 amide bonds. The van der Waals surface area contributed by atoms with Crippen molar-refractivity contribution in [3.05, 3.63) is 53.2 Å². The van der Waals surface area contributed by atoms with Crippen molar-refractivity contribution < 1.29 is 9.47 Å². The molecule has 116 valence electrons. The number of hydrogen-bond acceptors (Lipinski definition) is 3. The highest BCUT2D eigenvalue weighted by Gasteiger charge is 2.23. The van der Waals surface area contributed by atoms with E-state index >= 15 is 0 Å². The number of hydrogen-bond donors (Lipinski definition) is 0. The van der Waals surface area contributed by atoms with E-state index in [0.29, 0.717) is 6.79 Å². The van der Waals surface area contributed by atoms with Crippen LogP contribution in [0.15, 0.2) is 36.4 Å². The zero-order valence-corrected chi connectivity index (χ0v) is 13.6. The molecule has 0 radical (unpaired) electrons. The second-order valence-electron chi connectivity index (χ2n) is 5.94. The fourth-order valence-electron chi connectivity index (χ4n) is 3.65. The standard InChI is InChI=1S/C19H15NO2.ClH/c1-11-14-8-17-18(22-10-21-17)9-16(14)20-15-7-6-12-4-2-3-5-13(12)19(11)15;/h2-5,8-9H,6-7,10H2,1H3;1H. The Morgan fingerprint density at radius 3 is 2.65 bits per heavy atom. The molecule has 23 heavy (non-hydrogen) atoms. The fraction of sp³-hybridized carbons (Fsp3) is 0.211. The van der Waals surface area contributed by atoms with Crippen molar-refractivity contribution in [1.29, 1.82) is 0 Å². The molecule has 2 heterocycles. The summed E-state index contributed by atoms with van der Waals surface area (Å²) in [7, 11) is 0. The summed E-state index contributed by atoms with van der Waals surface area (Å²) in [5, 5.41) is 1.15. The summed E-state index contributed by atoms with van der Waals surface area (Å²) in [5.74, 6) is 1.62. The number of pyridine rings is 1. The van der Waals surface area contributed by atoms with Crippen LogP contribution >= 0.6 is 12.4 Å². The lowest BCUT2D eigenvalue weighted by molar-refractivity contribution is 0.174. The zero-order valence-electron chi connectivity index (χ0n) is 12.8. The van der Waals surface area contributed by atoms with Crippen LogP contribution in [0.4, 0.5) is 0 Å². The van der Waals surface area contributed by atoms with E-state index in [0.717, 1.165) is 35.2 Å². The first-order valence-electron chi connectivity index (χ1n) is 7.62. The van der Waals surface area contributed by atoms with E-state index in [4.69, 9.17) is 14.5 Å². The van der Waals surface area contributed by atoms with Crippen LogP contribution in [0.3, 0.4) is 0 Å². The number of aryl methyl sites for hydroxylation is 3. The zero-order chi connectivity index (χ0) is 14.7. The number of nitrogens with zero attached hydrogens (tertiary/aromatic N) is 1. The lowest BCUT2D eigenvalue weighted by Gasteiger charge is -2.22. The second kappa shape index (κ2) is 5.14. The highest BCUT2D eigenvalue weighted by Crippen LogP contribution is 2.42. The Hall–Kier alpha value is -2.26. The van der Waals surface area contributed by atoms with Gasteiger partial charge in [0.2, 0.25) is 6.79 Å². The van der Waals surface area contributed by atoms with Crippen molar-refractivity contribution in [2.75, 3.05) is 6.79 Å². The van der Waals surface area contributed by atoms with Crippen molar-refractivity contribution in [1.82, 2.24) is 4.98 Å². The summed E-state index contributed by atoms with van der Waals surface area (Å²) in [5.41, 5.74) is 7.52. The maximum Gasteiger partial charge on any atom is 0.231 e. The second-order valence-corrected chi connectivity index (χ2v) is 5.94. The highest BCUT2D eigenvalue weighted by atomic mass is 35.5. The van der Waals surface area contributed by atoms with Gasteiger partial charge in [0.15, 0.2) is 11.5 Å². The number of aromatic nitrogens is 1. The maximum atomic E-state index is 5.53. The van der Waals surface area contributed by atoms with Gasteiger partial charge in [-0.25, -0.2) is 0 Å². The minimum Gasteiger partial charge on any atom is -0.454 e. The number of rotatable bonds is 0. The summed E-state index contributed by atoms with van der Waals surface area (Å²) >= 11 is 0. The number of halogens is 1. The molecule has 2 aliphatic rings. The summed E-state index contributed by atoms with van der Waals surface area (Å²) < 4.78 is 11.0. The van der Waals surface area contributed by atoms with E-state index in [1.807, 2.05) is 6.07 Å². The molecule has 3 aromatic rings. The van der Waals surface area contributed by atoms with Crippen molar-refractivity contribution in [2.24, 2.45) is 0 Å². The largest absolute Gasteiger partial charge is 0.454 e. The molecule has 2 aromatic carbocycles. The molecule has 5 rings (SSSR count). The van der Waals surface area contributed by atoms with Crippen LogP contribution in [0.2, 0.25) is 0 Å². The smallest absolute Gasteiger partial charge is 0.231 e. The first kappa shape index (κ1) is 14.3. The lowest BCUT2D eigenvalue weighted by Crippen LogP contribution is -2.08. The molecule has 0 saturated heterocycles. The summed E-state index contributed by atoms with van der Waals surface area (Å²) in [6, 6.07) is 12.7. The van der Waals surface area contributed by atoms with E-state index in [2.05, 4.69) is 37.3 Å². The molecule has 0 N–H and O–H groups in total. The molecule has 3 nitrogen and oxygen atoms in total. The average molecular weight is 326 g/mol. The third-order valence-electron chi connectivity index (χ3n) is 4.73. The van der Waals surface area contributed by atoms with Gasteiger partial charge in [0.25, 0.3) is 0 Å². The van der Waals surface area contributed by atoms with Crippen molar-refractivity contribution in [2.45, 2.75) is 19.8 Å². The van der Waals surface area contributed by atoms with Gasteiger partial charge in [0.1, 0.15) is 0 Å². The van der Waals surface area contributed by atoms with E-state index in [1.165, 1.54) is 27.9 Å². The molecule has 1 aliphatic carbocycles. The molecular formula is C19H16ClNO2. The van der Waals surface area contributed by atoms with Crippen LogP contribution < -0.4 is 9.47 Å². The normalized spacial score (nSPS) is 14.1. The Morgan fingerprint density at radius 1 is 1.00 bits per heavy atom. The third-order valence-corrected chi connectivity index (χ3v) is 4.73. The topological polar surface area (TPSA) is 31.4 Å². The Labute approximate surface area is 140 Å². The molecule has 0 atom stereocenters. The summed E-state index contributed by atoms with van der Waals surface area (Å²) in [4.78, 5) is 4.92. The molecule has 1 aliphatic heterocycles. The highest BCUT2D eigenvalue weighted by molar-refractivity contribution is 5.93. The van der Waals surface area contributed by atoms with E-state index < -0.39 is 0 Å². The van der Waals surface area contributed by atoms with Gasteiger partial charge in [-0.05, 0) is 42.5 Å². The molecule has 4 heteroatoms. The lowest BCUT2D eigenvalue weighted by atomic mass is 9.85. The molecule has 1 aromatic heterocycles. The number of fused-ring (bicyclic) bond motifs is 5. The maximum absolute atomic E-state index is 5.53. The van der Waals surface area contributed by atoms with Crippen molar-refractivity contribution in [3.8, 4) is 22.6 Å². The quantitative estimate of drug-likeness (QED) is 0.611. The summed E-state index contributed by atoms with van der Waals surface area (Å²) in [6.45, 7) is 2.49. The molecule has 0 fully saturated rings. The Kier molecular flexibility index (Phi) is 3.20. The van der Waals surface area contributed by atoms with Gasteiger partial charge in [-0.1, -0.05) is 24.3 Å². The first-order valence-corrected chi connectivity index (χ1v) is 7.62. The van der Waals surface area contributed by atoms with Gasteiger partial charge in [0.05, 0.1) is 5.52 Å². The van der Waals surface area contributed by atoms with E-state index in [9.17, 15) is 0 Å². The predicted molar refractivity (Wildman–Crippen MR) is 92.7 cm³/mol. The van der Waals surface area contributed by atoms with Gasteiger partial charge in [-0.2, -0.15) is 0 Å². The molecule has 0 unspecified atom stereocenters. The minimum atomic E-state index is 0. The van der Waals surface area contributed by atoms with Crippen LogP contribution in [0.5, 0.6) is 11.5 Å². The van der Waals surface area contributed by atoms with Gasteiger partial charge in [-0.3, -0.25) is 4.98 Å². The molecule has 0 spiro atoms. The minimum absolute atomic E-state index is 0. The van der Waals surface area contributed by atoms with Crippen LogP contribution in [0, 0.1) is 6.92 Å². The van der Waals surface area contributed by atoms with Gasteiger partial charge >= 0.3 is 0 Å². The van der Waals surface area contributed by atoms with Crippen LogP contribution in [-0.4, -0.2) is 11.8 Å². The van der Waals surface area contributed by atoms with Crippen LogP contribution in [0.1, 0.15) is 16.8 Å². The first-order chi connectivity index (χ1) is 10.8. The van der Waals surface area contributed by atoms with Crippen molar-refractivity contribution in [3.63, 3.8) is 0 Å².